The fraction of sp³-hybridized carbons (Fsp3) is 0.929. The highest BCUT2D eigenvalue weighted by Gasteiger charge is 2.40. The Bertz CT molecular complexity index is 301. The molecular weight excluding hydrogens is 230 g/mol. The quantitative estimate of drug-likeness (QED) is 0.827. The normalized spacial score (nSPS) is 23.1. The van der Waals surface area contributed by atoms with E-state index in [0.717, 1.165) is 19.4 Å². The zero-order valence-corrected chi connectivity index (χ0v) is 12.5. The largest absolute Gasteiger partial charge is 0.444 e. The summed E-state index contributed by atoms with van der Waals surface area (Å²) in [4.78, 5) is 13.9. The number of aliphatic hydroxyl groups is 1. The summed E-state index contributed by atoms with van der Waals surface area (Å²) in [5.41, 5.74) is -1.25. The molecule has 1 amide bonds. The Hall–Kier alpha value is -0.770. The number of hydrogen-bond acceptors (Lipinski definition) is 3. The minimum atomic E-state index is -0.782. The molecule has 4 nitrogen and oxygen atoms in total. The number of likely N-dealkylation sites (tertiary alicyclic amines) is 1. The van der Waals surface area contributed by atoms with Gasteiger partial charge in [0.25, 0.3) is 0 Å². The molecule has 4 heteroatoms. The molecule has 0 radical (unpaired) electrons. The first kappa shape index (κ1) is 15.3. The summed E-state index contributed by atoms with van der Waals surface area (Å²) in [6.45, 7) is 11.9. The monoisotopic (exact) mass is 257 g/mol. The first-order valence-corrected chi connectivity index (χ1v) is 6.74. The Kier molecular flexibility index (Phi) is 4.31. The fourth-order valence-electron chi connectivity index (χ4n) is 2.33. The van der Waals surface area contributed by atoms with E-state index in [-0.39, 0.29) is 18.1 Å². The van der Waals surface area contributed by atoms with E-state index in [1.54, 1.807) is 18.7 Å². The molecule has 0 bridgehead atoms. The van der Waals surface area contributed by atoms with Crippen molar-refractivity contribution >= 4 is 6.09 Å². The predicted molar refractivity (Wildman–Crippen MR) is 71.4 cm³/mol. The molecule has 0 aromatic rings. The van der Waals surface area contributed by atoms with Gasteiger partial charge in [0.05, 0.1) is 5.60 Å². The molecule has 1 N–H and O–H groups in total. The molecule has 0 spiro atoms. The third kappa shape index (κ3) is 3.87. The van der Waals surface area contributed by atoms with Crippen LogP contribution in [-0.2, 0) is 4.74 Å². The van der Waals surface area contributed by atoms with E-state index < -0.39 is 11.2 Å². The molecule has 1 heterocycles. The van der Waals surface area contributed by atoms with Gasteiger partial charge < -0.3 is 14.7 Å². The smallest absolute Gasteiger partial charge is 0.410 e. The zero-order valence-electron chi connectivity index (χ0n) is 12.5. The molecule has 1 fully saturated rings. The zero-order chi connectivity index (χ0) is 14.1. The van der Waals surface area contributed by atoms with Crippen molar-refractivity contribution < 1.29 is 14.6 Å². The first-order valence-electron chi connectivity index (χ1n) is 6.74. The highest BCUT2D eigenvalue weighted by Crippen LogP contribution is 2.31. The average Bonchev–Trinajstić information content (AvgIpc) is 2.60. The van der Waals surface area contributed by atoms with Crippen molar-refractivity contribution in [3.63, 3.8) is 0 Å². The van der Waals surface area contributed by atoms with Crippen LogP contribution in [0.25, 0.3) is 0 Å². The standard InChI is InChI=1S/C14H27NO3/c1-10(14(5,6)17)11-8-7-9-15(11)12(16)18-13(2,3)4/h10-11,17H,7-9H2,1-6H3. The summed E-state index contributed by atoms with van der Waals surface area (Å²) in [5.74, 6) is 0.0347. The second-order valence-corrected chi connectivity index (χ2v) is 6.83. The van der Waals surface area contributed by atoms with Crippen LogP contribution >= 0.6 is 0 Å². The SMILES string of the molecule is CC(C1CCCN1C(=O)OC(C)(C)C)C(C)(C)O. The number of nitrogens with zero attached hydrogens (tertiary/aromatic N) is 1. The molecule has 0 aromatic heterocycles. The van der Waals surface area contributed by atoms with Gasteiger partial charge in [-0.3, -0.25) is 0 Å². The molecule has 1 aliphatic heterocycles. The molecule has 0 saturated carbocycles. The Morgan fingerprint density at radius 2 is 1.89 bits per heavy atom. The van der Waals surface area contributed by atoms with Gasteiger partial charge in [-0.25, -0.2) is 4.79 Å². The van der Waals surface area contributed by atoms with Crippen molar-refractivity contribution in [1.82, 2.24) is 4.90 Å². The van der Waals surface area contributed by atoms with Gasteiger partial charge >= 0.3 is 6.09 Å². The minimum absolute atomic E-state index is 0.0347. The molecule has 0 aliphatic carbocycles. The Morgan fingerprint density at radius 3 is 2.33 bits per heavy atom. The average molecular weight is 257 g/mol. The van der Waals surface area contributed by atoms with Gasteiger partial charge in [0.2, 0.25) is 0 Å². The number of ether oxygens (including phenoxy) is 1. The highest BCUT2D eigenvalue weighted by molar-refractivity contribution is 5.69. The minimum Gasteiger partial charge on any atom is -0.444 e. The van der Waals surface area contributed by atoms with Crippen molar-refractivity contribution in [3.05, 3.63) is 0 Å². The molecule has 106 valence electrons. The van der Waals surface area contributed by atoms with E-state index in [1.165, 1.54) is 0 Å². The van der Waals surface area contributed by atoms with E-state index in [0.29, 0.717) is 0 Å². The third-order valence-electron chi connectivity index (χ3n) is 3.62. The number of amides is 1. The molecule has 0 aromatic carbocycles. The highest BCUT2D eigenvalue weighted by atomic mass is 16.6. The summed E-state index contributed by atoms with van der Waals surface area (Å²) in [5, 5.41) is 10.1. The van der Waals surface area contributed by atoms with Crippen LogP contribution in [-0.4, -0.2) is 39.9 Å². The fourth-order valence-corrected chi connectivity index (χ4v) is 2.33. The summed E-state index contributed by atoms with van der Waals surface area (Å²) in [6, 6.07) is 0.0693. The van der Waals surface area contributed by atoms with Crippen LogP contribution in [0.1, 0.15) is 54.4 Å². The van der Waals surface area contributed by atoms with Gasteiger partial charge in [-0.2, -0.15) is 0 Å². The van der Waals surface area contributed by atoms with Crippen LogP contribution in [0.4, 0.5) is 4.79 Å². The molecular formula is C14H27NO3. The van der Waals surface area contributed by atoms with E-state index in [2.05, 4.69) is 0 Å². The second-order valence-electron chi connectivity index (χ2n) is 6.83. The lowest BCUT2D eigenvalue weighted by Gasteiger charge is -2.36. The molecule has 2 atom stereocenters. The van der Waals surface area contributed by atoms with Crippen LogP contribution < -0.4 is 0 Å². The maximum Gasteiger partial charge on any atom is 0.410 e. The number of carbonyl (C=O) groups excluding carboxylic acids is 1. The van der Waals surface area contributed by atoms with Crippen LogP contribution in [0.3, 0.4) is 0 Å². The Labute approximate surface area is 110 Å². The maximum atomic E-state index is 12.1. The van der Waals surface area contributed by atoms with Crippen LogP contribution in [0.5, 0.6) is 0 Å². The van der Waals surface area contributed by atoms with Crippen molar-refractivity contribution in [3.8, 4) is 0 Å². The molecule has 18 heavy (non-hydrogen) atoms. The topological polar surface area (TPSA) is 49.8 Å². The van der Waals surface area contributed by atoms with E-state index in [9.17, 15) is 9.90 Å². The number of carbonyl (C=O) groups is 1. The lowest BCUT2D eigenvalue weighted by Crippen LogP contribution is -2.47. The molecule has 1 rings (SSSR count). The van der Waals surface area contributed by atoms with Crippen molar-refractivity contribution in [2.45, 2.75) is 71.6 Å². The Balaban J connectivity index is 2.74. The third-order valence-corrected chi connectivity index (χ3v) is 3.62. The van der Waals surface area contributed by atoms with Gasteiger partial charge in [-0.05, 0) is 47.5 Å². The Morgan fingerprint density at radius 1 is 1.33 bits per heavy atom. The summed E-state index contributed by atoms with van der Waals surface area (Å²) < 4.78 is 5.42. The molecule has 1 saturated heterocycles. The van der Waals surface area contributed by atoms with E-state index in [4.69, 9.17) is 4.74 Å². The van der Waals surface area contributed by atoms with Gasteiger partial charge in [-0.1, -0.05) is 6.92 Å². The predicted octanol–water partition coefficient (Wildman–Crippen LogP) is 2.79. The van der Waals surface area contributed by atoms with Gasteiger partial charge in [0, 0.05) is 18.5 Å². The molecule has 2 unspecified atom stereocenters. The number of hydrogen-bond donors (Lipinski definition) is 1. The summed E-state index contributed by atoms with van der Waals surface area (Å²) in [7, 11) is 0. The van der Waals surface area contributed by atoms with Gasteiger partial charge in [-0.15, -0.1) is 0 Å². The van der Waals surface area contributed by atoms with Gasteiger partial charge in [0.1, 0.15) is 5.60 Å². The maximum absolute atomic E-state index is 12.1. The van der Waals surface area contributed by atoms with Crippen molar-refractivity contribution in [1.29, 1.82) is 0 Å². The van der Waals surface area contributed by atoms with Crippen molar-refractivity contribution in [2.75, 3.05) is 6.54 Å². The van der Waals surface area contributed by atoms with Crippen molar-refractivity contribution in [2.24, 2.45) is 5.92 Å². The molecule has 1 aliphatic rings. The second kappa shape index (κ2) is 5.08. The lowest BCUT2D eigenvalue weighted by molar-refractivity contribution is -0.0223. The lowest BCUT2D eigenvalue weighted by atomic mass is 9.85. The number of rotatable bonds is 2. The van der Waals surface area contributed by atoms with Gasteiger partial charge in [0.15, 0.2) is 0 Å². The van der Waals surface area contributed by atoms with E-state index >= 15 is 0 Å². The van der Waals surface area contributed by atoms with Crippen LogP contribution in [0, 0.1) is 5.92 Å². The van der Waals surface area contributed by atoms with Crippen LogP contribution in [0.2, 0.25) is 0 Å². The van der Waals surface area contributed by atoms with E-state index in [1.807, 2.05) is 27.7 Å². The summed E-state index contributed by atoms with van der Waals surface area (Å²) >= 11 is 0. The summed E-state index contributed by atoms with van der Waals surface area (Å²) in [6.07, 6.45) is 1.65. The first-order chi connectivity index (χ1) is 8.02. The van der Waals surface area contributed by atoms with Crippen LogP contribution in [0.15, 0.2) is 0 Å².